The van der Waals surface area contributed by atoms with Crippen LogP contribution in [0.1, 0.15) is 23.6 Å². The molecule has 122 valence electrons. The monoisotopic (exact) mass is 377 g/mol. The lowest BCUT2D eigenvalue weighted by atomic mass is 10.1. The molecule has 23 heavy (non-hydrogen) atoms. The molecular weight excluding hydrogens is 358 g/mol. The summed E-state index contributed by atoms with van der Waals surface area (Å²) < 4.78 is 6.28. The first kappa shape index (κ1) is 17.5. The van der Waals surface area contributed by atoms with E-state index in [0.29, 0.717) is 13.1 Å². The Morgan fingerprint density at radius 2 is 1.91 bits per heavy atom. The van der Waals surface area contributed by atoms with Crippen LogP contribution in [0.2, 0.25) is 0 Å². The molecule has 0 bridgehead atoms. The number of hydrogen-bond acceptors (Lipinski definition) is 3. The minimum absolute atomic E-state index is 0.0230. The molecule has 0 fully saturated rings. The third-order valence-electron chi connectivity index (χ3n) is 3.50. The summed E-state index contributed by atoms with van der Waals surface area (Å²) >= 11 is 3.48. The molecule has 5 heteroatoms. The fourth-order valence-corrected chi connectivity index (χ4v) is 2.54. The zero-order chi connectivity index (χ0) is 16.7. The van der Waals surface area contributed by atoms with Crippen LogP contribution in [0.3, 0.4) is 0 Å². The number of carbonyl (C=O) groups excluding carboxylic acids is 1. The number of carbonyl (C=O) groups is 1. The van der Waals surface area contributed by atoms with E-state index >= 15 is 0 Å². The number of nitrogens with zero attached hydrogens (tertiary/aromatic N) is 1. The van der Waals surface area contributed by atoms with Gasteiger partial charge < -0.3 is 14.7 Å². The standard InChI is InChI=1S/C18H20BrNO3/c1-2-20(11-16-10-15(12-21)8-9-17(16)19)18(22)23-13-14-6-4-3-5-7-14/h3-10,21H,2,11-13H2,1H3. The van der Waals surface area contributed by atoms with E-state index in [1.54, 1.807) is 4.90 Å². The molecule has 0 heterocycles. The van der Waals surface area contributed by atoms with E-state index in [-0.39, 0.29) is 19.3 Å². The van der Waals surface area contributed by atoms with Crippen molar-refractivity contribution in [1.82, 2.24) is 4.90 Å². The van der Waals surface area contributed by atoms with Gasteiger partial charge in [-0.25, -0.2) is 4.79 Å². The number of hydrogen-bond donors (Lipinski definition) is 1. The lowest BCUT2D eigenvalue weighted by molar-refractivity contribution is 0.0955. The fraction of sp³-hybridized carbons (Fsp3) is 0.278. The number of benzene rings is 2. The smallest absolute Gasteiger partial charge is 0.410 e. The van der Waals surface area contributed by atoms with Gasteiger partial charge in [0.1, 0.15) is 6.61 Å². The van der Waals surface area contributed by atoms with Crippen molar-refractivity contribution in [3.63, 3.8) is 0 Å². The van der Waals surface area contributed by atoms with E-state index in [1.165, 1.54) is 0 Å². The summed E-state index contributed by atoms with van der Waals surface area (Å²) in [5.74, 6) is 0. The average molecular weight is 378 g/mol. The Balaban J connectivity index is 2.00. The quantitative estimate of drug-likeness (QED) is 0.824. The molecule has 0 aromatic heterocycles. The molecule has 0 aliphatic carbocycles. The normalized spacial score (nSPS) is 10.4. The Morgan fingerprint density at radius 3 is 2.57 bits per heavy atom. The summed E-state index contributed by atoms with van der Waals surface area (Å²) in [6, 6.07) is 15.2. The molecular formula is C18H20BrNO3. The van der Waals surface area contributed by atoms with Gasteiger partial charge in [0.2, 0.25) is 0 Å². The van der Waals surface area contributed by atoms with Gasteiger partial charge in [-0.05, 0) is 29.7 Å². The number of amides is 1. The maximum Gasteiger partial charge on any atom is 0.410 e. The Labute approximate surface area is 144 Å². The highest BCUT2D eigenvalue weighted by molar-refractivity contribution is 9.10. The average Bonchev–Trinajstić information content (AvgIpc) is 2.59. The lowest BCUT2D eigenvalue weighted by Gasteiger charge is -2.21. The van der Waals surface area contributed by atoms with E-state index < -0.39 is 0 Å². The van der Waals surface area contributed by atoms with E-state index in [9.17, 15) is 9.90 Å². The maximum absolute atomic E-state index is 12.3. The lowest BCUT2D eigenvalue weighted by Crippen LogP contribution is -2.31. The third-order valence-corrected chi connectivity index (χ3v) is 4.27. The predicted octanol–water partition coefficient (Wildman–Crippen LogP) is 4.10. The van der Waals surface area contributed by atoms with Gasteiger partial charge in [-0.1, -0.05) is 58.4 Å². The summed E-state index contributed by atoms with van der Waals surface area (Å²) in [7, 11) is 0. The van der Waals surface area contributed by atoms with Gasteiger partial charge >= 0.3 is 6.09 Å². The molecule has 4 nitrogen and oxygen atoms in total. The second-order valence-corrected chi connectivity index (χ2v) is 5.99. The van der Waals surface area contributed by atoms with Crippen molar-refractivity contribution in [2.24, 2.45) is 0 Å². The van der Waals surface area contributed by atoms with Gasteiger partial charge in [-0.3, -0.25) is 0 Å². The largest absolute Gasteiger partial charge is 0.445 e. The number of halogens is 1. The SMILES string of the molecule is CCN(Cc1cc(CO)ccc1Br)C(=O)OCc1ccccc1. The van der Waals surface area contributed by atoms with Gasteiger partial charge in [0, 0.05) is 11.0 Å². The maximum atomic E-state index is 12.3. The summed E-state index contributed by atoms with van der Waals surface area (Å²) in [6.45, 7) is 3.12. The minimum atomic E-state index is -0.349. The van der Waals surface area contributed by atoms with Crippen LogP contribution < -0.4 is 0 Å². The van der Waals surface area contributed by atoms with E-state index in [2.05, 4.69) is 15.9 Å². The molecule has 0 saturated heterocycles. The van der Waals surface area contributed by atoms with Crippen molar-refractivity contribution in [3.05, 3.63) is 69.7 Å². The number of rotatable bonds is 6. The summed E-state index contributed by atoms with van der Waals surface area (Å²) in [5.41, 5.74) is 2.72. The number of aliphatic hydroxyl groups excluding tert-OH is 1. The molecule has 0 aliphatic heterocycles. The second kappa shape index (κ2) is 8.70. The molecule has 2 aromatic carbocycles. The summed E-state index contributed by atoms with van der Waals surface area (Å²) in [5, 5.41) is 9.24. The molecule has 0 unspecified atom stereocenters. The zero-order valence-electron chi connectivity index (χ0n) is 13.0. The fourth-order valence-electron chi connectivity index (χ4n) is 2.17. The predicted molar refractivity (Wildman–Crippen MR) is 92.8 cm³/mol. The highest BCUT2D eigenvalue weighted by atomic mass is 79.9. The minimum Gasteiger partial charge on any atom is -0.445 e. The molecule has 0 spiro atoms. The van der Waals surface area contributed by atoms with Crippen LogP contribution in [0.4, 0.5) is 4.79 Å². The van der Waals surface area contributed by atoms with E-state index in [1.807, 2.05) is 55.5 Å². The first-order chi connectivity index (χ1) is 11.1. The van der Waals surface area contributed by atoms with E-state index in [4.69, 9.17) is 4.74 Å². The third kappa shape index (κ3) is 5.08. The summed E-state index contributed by atoms with van der Waals surface area (Å²) in [4.78, 5) is 13.9. The van der Waals surface area contributed by atoms with Gasteiger partial charge in [0.25, 0.3) is 0 Å². The van der Waals surface area contributed by atoms with Crippen LogP contribution in [0, 0.1) is 0 Å². The van der Waals surface area contributed by atoms with E-state index in [0.717, 1.165) is 21.2 Å². The molecule has 1 amide bonds. The van der Waals surface area contributed by atoms with Crippen molar-refractivity contribution in [2.75, 3.05) is 6.54 Å². The van der Waals surface area contributed by atoms with Crippen LogP contribution in [-0.4, -0.2) is 22.6 Å². The topological polar surface area (TPSA) is 49.8 Å². The van der Waals surface area contributed by atoms with Gasteiger partial charge in [-0.15, -0.1) is 0 Å². The summed E-state index contributed by atoms with van der Waals surface area (Å²) in [6.07, 6.45) is -0.349. The van der Waals surface area contributed by atoms with Gasteiger partial charge in [-0.2, -0.15) is 0 Å². The van der Waals surface area contributed by atoms with Crippen molar-refractivity contribution < 1.29 is 14.6 Å². The molecule has 0 saturated carbocycles. The van der Waals surface area contributed by atoms with Crippen molar-refractivity contribution >= 4 is 22.0 Å². The van der Waals surface area contributed by atoms with Gasteiger partial charge in [0.05, 0.1) is 13.2 Å². The molecule has 2 aromatic rings. The molecule has 0 aliphatic rings. The highest BCUT2D eigenvalue weighted by Gasteiger charge is 2.15. The van der Waals surface area contributed by atoms with Gasteiger partial charge in [0.15, 0.2) is 0 Å². The van der Waals surface area contributed by atoms with Crippen molar-refractivity contribution in [2.45, 2.75) is 26.7 Å². The molecule has 1 N–H and O–H groups in total. The first-order valence-corrected chi connectivity index (χ1v) is 8.27. The Hall–Kier alpha value is -1.85. The van der Waals surface area contributed by atoms with Crippen LogP contribution >= 0.6 is 15.9 Å². The Morgan fingerprint density at radius 1 is 1.17 bits per heavy atom. The first-order valence-electron chi connectivity index (χ1n) is 7.47. The molecule has 0 radical (unpaired) electrons. The second-order valence-electron chi connectivity index (χ2n) is 5.14. The highest BCUT2D eigenvalue weighted by Crippen LogP contribution is 2.20. The Bertz CT molecular complexity index is 646. The zero-order valence-corrected chi connectivity index (χ0v) is 14.6. The van der Waals surface area contributed by atoms with Crippen LogP contribution in [0.5, 0.6) is 0 Å². The molecule has 2 rings (SSSR count). The van der Waals surface area contributed by atoms with Crippen molar-refractivity contribution in [1.29, 1.82) is 0 Å². The Kier molecular flexibility index (Phi) is 6.62. The van der Waals surface area contributed by atoms with Crippen LogP contribution in [0.15, 0.2) is 53.0 Å². The van der Waals surface area contributed by atoms with Crippen LogP contribution in [-0.2, 0) is 24.5 Å². The van der Waals surface area contributed by atoms with Crippen LogP contribution in [0.25, 0.3) is 0 Å². The number of ether oxygens (including phenoxy) is 1. The molecule has 0 atom stereocenters. The van der Waals surface area contributed by atoms with Crippen molar-refractivity contribution in [3.8, 4) is 0 Å². The number of aliphatic hydroxyl groups is 1.